The minimum atomic E-state index is -0.731. The van der Waals surface area contributed by atoms with Gasteiger partial charge in [0.2, 0.25) is 12.0 Å². The molecular weight excluding hydrogens is 390 g/mol. The normalized spacial score (nSPS) is 14.9. The second kappa shape index (κ2) is 8.32. The number of nitrogens with one attached hydrogen (secondary N) is 2. The molecule has 0 bridgehead atoms. The first-order chi connectivity index (χ1) is 14.1. The van der Waals surface area contributed by atoms with E-state index in [4.69, 9.17) is 9.47 Å². The van der Waals surface area contributed by atoms with E-state index in [1.165, 1.54) is 18.3 Å². The molecule has 0 fully saturated rings. The van der Waals surface area contributed by atoms with Crippen LogP contribution in [0.4, 0.5) is 5.13 Å². The minimum absolute atomic E-state index is 0.0650. The highest BCUT2D eigenvalue weighted by Crippen LogP contribution is 2.31. The van der Waals surface area contributed by atoms with E-state index in [9.17, 15) is 9.59 Å². The van der Waals surface area contributed by atoms with Gasteiger partial charge in [-0.05, 0) is 17.7 Å². The summed E-state index contributed by atoms with van der Waals surface area (Å²) in [6, 6.07) is 15.0. The van der Waals surface area contributed by atoms with Gasteiger partial charge in [-0.25, -0.2) is 4.98 Å². The van der Waals surface area contributed by atoms with Crippen molar-refractivity contribution < 1.29 is 19.1 Å². The van der Waals surface area contributed by atoms with Crippen molar-refractivity contribution in [2.45, 2.75) is 19.6 Å². The van der Waals surface area contributed by atoms with Gasteiger partial charge in [0.05, 0.1) is 5.69 Å². The first-order valence-electron chi connectivity index (χ1n) is 9.07. The zero-order chi connectivity index (χ0) is 20.2. The molecule has 0 radical (unpaired) electrons. The molecule has 8 heteroatoms. The van der Waals surface area contributed by atoms with Crippen LogP contribution < -0.4 is 20.1 Å². The number of rotatable bonds is 5. The van der Waals surface area contributed by atoms with Crippen molar-refractivity contribution in [1.29, 1.82) is 0 Å². The third kappa shape index (κ3) is 4.55. The zero-order valence-corrected chi connectivity index (χ0v) is 16.5. The molecule has 0 saturated heterocycles. The van der Waals surface area contributed by atoms with Crippen molar-refractivity contribution in [3.63, 3.8) is 0 Å². The molecular formula is C21H19N3O4S. The fraction of sp³-hybridized carbons (Fsp3) is 0.190. The standard InChI is InChI=1S/C21H19N3O4S/c1-13(25)22-10-14-6-8-15(9-7-14)16-12-29-21(23-16)24-20(26)19-11-27-17-4-2-3-5-18(17)28-19/h2-9,12,19H,10-11H2,1H3,(H,22,25)(H,23,24,26). The van der Waals surface area contributed by atoms with Crippen molar-refractivity contribution >= 4 is 28.3 Å². The molecule has 2 heterocycles. The molecule has 7 nitrogen and oxygen atoms in total. The second-order valence-corrected chi connectivity index (χ2v) is 7.36. The molecule has 1 aliphatic heterocycles. The van der Waals surface area contributed by atoms with Crippen LogP contribution in [-0.4, -0.2) is 29.5 Å². The number of anilines is 1. The number of amides is 2. The number of thiazole rings is 1. The van der Waals surface area contributed by atoms with Gasteiger partial charge < -0.3 is 14.8 Å². The predicted octanol–water partition coefficient (Wildman–Crippen LogP) is 3.22. The van der Waals surface area contributed by atoms with Crippen LogP contribution in [0.3, 0.4) is 0 Å². The van der Waals surface area contributed by atoms with Crippen LogP contribution in [-0.2, 0) is 16.1 Å². The first kappa shape index (κ1) is 18.9. The predicted molar refractivity (Wildman–Crippen MR) is 110 cm³/mol. The maximum absolute atomic E-state index is 12.5. The summed E-state index contributed by atoms with van der Waals surface area (Å²) in [4.78, 5) is 28.0. The van der Waals surface area contributed by atoms with Gasteiger partial charge in [0, 0.05) is 24.4 Å². The van der Waals surface area contributed by atoms with Crippen molar-refractivity contribution in [3.05, 3.63) is 59.5 Å². The van der Waals surface area contributed by atoms with Crippen LogP contribution in [0.1, 0.15) is 12.5 Å². The molecule has 0 saturated carbocycles. The number of ether oxygens (including phenoxy) is 2. The number of hydrogen-bond donors (Lipinski definition) is 2. The van der Waals surface area contributed by atoms with Gasteiger partial charge in [-0.3, -0.25) is 14.9 Å². The smallest absolute Gasteiger partial charge is 0.270 e. The SMILES string of the molecule is CC(=O)NCc1ccc(-c2csc(NC(=O)C3COc4ccccc4O3)n2)cc1. The van der Waals surface area contributed by atoms with Crippen LogP contribution in [0.15, 0.2) is 53.9 Å². The Morgan fingerprint density at radius 2 is 1.90 bits per heavy atom. The Bertz CT molecular complexity index is 1030. The van der Waals surface area contributed by atoms with E-state index >= 15 is 0 Å². The minimum Gasteiger partial charge on any atom is -0.485 e. The fourth-order valence-electron chi connectivity index (χ4n) is 2.82. The molecule has 0 aliphatic carbocycles. The van der Waals surface area contributed by atoms with E-state index in [0.717, 1.165) is 16.8 Å². The first-order valence-corrected chi connectivity index (χ1v) is 9.95. The summed E-state index contributed by atoms with van der Waals surface area (Å²) in [6.45, 7) is 2.13. The Hall–Kier alpha value is -3.39. The molecule has 2 amide bonds. The van der Waals surface area contributed by atoms with Crippen LogP contribution in [0.5, 0.6) is 11.5 Å². The Balaban J connectivity index is 1.38. The number of para-hydroxylation sites is 2. The average Bonchev–Trinajstić information content (AvgIpc) is 3.20. The van der Waals surface area contributed by atoms with Gasteiger partial charge in [-0.2, -0.15) is 0 Å². The summed E-state index contributed by atoms with van der Waals surface area (Å²) < 4.78 is 11.3. The average molecular weight is 409 g/mol. The third-order valence-electron chi connectivity index (χ3n) is 4.33. The number of benzene rings is 2. The van der Waals surface area contributed by atoms with Crippen LogP contribution in [0.25, 0.3) is 11.3 Å². The van der Waals surface area contributed by atoms with Gasteiger partial charge in [0.1, 0.15) is 6.61 Å². The molecule has 29 heavy (non-hydrogen) atoms. The molecule has 148 valence electrons. The summed E-state index contributed by atoms with van der Waals surface area (Å²) in [6.07, 6.45) is -0.731. The van der Waals surface area contributed by atoms with Crippen molar-refractivity contribution in [2.24, 2.45) is 0 Å². The topological polar surface area (TPSA) is 89.6 Å². The van der Waals surface area contributed by atoms with Gasteiger partial charge in [0.15, 0.2) is 16.6 Å². The molecule has 2 aromatic carbocycles. The number of nitrogens with zero attached hydrogens (tertiary/aromatic N) is 1. The maximum atomic E-state index is 12.5. The van der Waals surface area contributed by atoms with E-state index in [0.29, 0.717) is 23.2 Å². The van der Waals surface area contributed by atoms with E-state index in [-0.39, 0.29) is 18.4 Å². The summed E-state index contributed by atoms with van der Waals surface area (Å²) in [5, 5.41) is 7.93. The van der Waals surface area contributed by atoms with E-state index < -0.39 is 6.10 Å². The molecule has 2 N–H and O–H groups in total. The lowest BCUT2D eigenvalue weighted by Crippen LogP contribution is -2.40. The van der Waals surface area contributed by atoms with Crippen molar-refractivity contribution in [1.82, 2.24) is 10.3 Å². The summed E-state index contributed by atoms with van der Waals surface area (Å²) in [5.74, 6) is 0.823. The highest BCUT2D eigenvalue weighted by molar-refractivity contribution is 7.14. The molecule has 0 spiro atoms. The number of hydrogen-bond acceptors (Lipinski definition) is 6. The molecule has 4 rings (SSSR count). The maximum Gasteiger partial charge on any atom is 0.270 e. The van der Waals surface area contributed by atoms with E-state index in [1.807, 2.05) is 41.8 Å². The van der Waals surface area contributed by atoms with Gasteiger partial charge in [-0.15, -0.1) is 11.3 Å². The largest absolute Gasteiger partial charge is 0.485 e. The lowest BCUT2D eigenvalue weighted by Gasteiger charge is -2.25. The van der Waals surface area contributed by atoms with Gasteiger partial charge in [0.25, 0.3) is 5.91 Å². The molecule has 1 aromatic heterocycles. The molecule has 3 aromatic rings. The van der Waals surface area contributed by atoms with Crippen LogP contribution >= 0.6 is 11.3 Å². The van der Waals surface area contributed by atoms with Crippen molar-refractivity contribution in [2.75, 3.05) is 11.9 Å². The van der Waals surface area contributed by atoms with Crippen LogP contribution in [0.2, 0.25) is 0 Å². The van der Waals surface area contributed by atoms with Crippen molar-refractivity contribution in [3.8, 4) is 22.8 Å². The Morgan fingerprint density at radius 3 is 2.66 bits per heavy atom. The highest BCUT2D eigenvalue weighted by atomic mass is 32.1. The Kier molecular flexibility index (Phi) is 5.44. The number of fused-ring (bicyclic) bond motifs is 1. The van der Waals surface area contributed by atoms with Crippen LogP contribution in [0, 0.1) is 0 Å². The Morgan fingerprint density at radius 1 is 1.14 bits per heavy atom. The zero-order valence-electron chi connectivity index (χ0n) is 15.7. The Labute approximate surface area is 171 Å². The summed E-state index contributed by atoms with van der Waals surface area (Å²) in [5.41, 5.74) is 2.70. The molecule has 1 aliphatic rings. The molecule has 1 unspecified atom stereocenters. The monoisotopic (exact) mass is 409 g/mol. The third-order valence-corrected chi connectivity index (χ3v) is 5.08. The fourth-order valence-corrected chi connectivity index (χ4v) is 3.54. The summed E-state index contributed by atoms with van der Waals surface area (Å²) >= 11 is 1.34. The van der Waals surface area contributed by atoms with E-state index in [1.54, 1.807) is 12.1 Å². The summed E-state index contributed by atoms with van der Waals surface area (Å²) in [7, 11) is 0. The van der Waals surface area contributed by atoms with Gasteiger partial charge in [-0.1, -0.05) is 36.4 Å². The lowest BCUT2D eigenvalue weighted by atomic mass is 10.1. The quantitative estimate of drug-likeness (QED) is 0.675. The van der Waals surface area contributed by atoms with Gasteiger partial charge >= 0.3 is 0 Å². The second-order valence-electron chi connectivity index (χ2n) is 6.50. The number of carbonyl (C=O) groups is 2. The molecule has 1 atom stereocenters. The lowest BCUT2D eigenvalue weighted by molar-refractivity contribution is -0.125. The van der Waals surface area contributed by atoms with E-state index in [2.05, 4.69) is 15.6 Å². The highest BCUT2D eigenvalue weighted by Gasteiger charge is 2.27. The number of aromatic nitrogens is 1. The number of carbonyl (C=O) groups excluding carboxylic acids is 2.